The molecular weight excluding hydrogens is 390 g/mol. The second-order valence-corrected chi connectivity index (χ2v) is 7.28. The van der Waals surface area contributed by atoms with Crippen LogP contribution >= 0.6 is 0 Å². The predicted molar refractivity (Wildman–Crippen MR) is 119 cm³/mol. The first-order chi connectivity index (χ1) is 15.1. The maximum Gasteiger partial charge on any atom is 0.270 e. The third-order valence-electron chi connectivity index (χ3n) is 5.32. The van der Waals surface area contributed by atoms with E-state index >= 15 is 0 Å². The zero-order valence-corrected chi connectivity index (χ0v) is 17.2. The van der Waals surface area contributed by atoms with Gasteiger partial charge in [0.15, 0.2) is 0 Å². The van der Waals surface area contributed by atoms with Gasteiger partial charge in [-0.2, -0.15) is 5.26 Å². The first-order valence-corrected chi connectivity index (χ1v) is 10.2. The van der Waals surface area contributed by atoms with Gasteiger partial charge in [0.2, 0.25) is 5.88 Å². The Labute approximate surface area is 180 Å². The zero-order chi connectivity index (χ0) is 21.8. The van der Waals surface area contributed by atoms with Crippen molar-refractivity contribution < 1.29 is 9.66 Å². The lowest BCUT2D eigenvalue weighted by Gasteiger charge is -2.24. The van der Waals surface area contributed by atoms with Crippen LogP contribution in [0.2, 0.25) is 0 Å². The monoisotopic (exact) mass is 411 g/mol. The standard InChI is InChI=1S/C25H21N3O3/c1-2-31-25-22(16-26)23(18-10-6-12-20(15-18)28(29)30)21-13-7-11-19(24(21)27-25)14-17-8-4-3-5-9-17/h3-6,8-10,12,14-15H,2,7,11,13H2,1H3. The smallest absolute Gasteiger partial charge is 0.270 e. The quantitative estimate of drug-likeness (QED) is 0.391. The molecule has 0 spiro atoms. The molecule has 1 aromatic heterocycles. The number of hydrogen-bond acceptors (Lipinski definition) is 5. The Morgan fingerprint density at radius 2 is 2.00 bits per heavy atom. The highest BCUT2D eigenvalue weighted by Gasteiger charge is 2.27. The van der Waals surface area contributed by atoms with E-state index in [1.807, 2.05) is 37.3 Å². The summed E-state index contributed by atoms with van der Waals surface area (Å²) < 4.78 is 5.74. The number of fused-ring (bicyclic) bond motifs is 1. The highest BCUT2D eigenvalue weighted by molar-refractivity contribution is 5.88. The topological polar surface area (TPSA) is 89.1 Å². The number of aromatic nitrogens is 1. The molecule has 0 amide bonds. The molecule has 31 heavy (non-hydrogen) atoms. The average molecular weight is 411 g/mol. The minimum absolute atomic E-state index is 0.0132. The Bertz CT molecular complexity index is 1210. The van der Waals surface area contributed by atoms with Gasteiger partial charge < -0.3 is 4.74 Å². The van der Waals surface area contributed by atoms with Crippen LogP contribution in [0.25, 0.3) is 22.8 Å². The number of benzene rings is 2. The highest BCUT2D eigenvalue weighted by Crippen LogP contribution is 2.42. The van der Waals surface area contributed by atoms with Crippen molar-refractivity contribution in [1.82, 2.24) is 4.98 Å². The summed E-state index contributed by atoms with van der Waals surface area (Å²) in [6.07, 6.45) is 4.63. The van der Waals surface area contributed by atoms with Gasteiger partial charge >= 0.3 is 0 Å². The van der Waals surface area contributed by atoms with E-state index in [1.54, 1.807) is 12.1 Å². The molecule has 1 aliphatic rings. The SMILES string of the molecule is CCOc1nc2c(c(-c3cccc([N+](=O)[O-])c3)c1C#N)CCCC2=Cc1ccccc1. The molecule has 6 nitrogen and oxygen atoms in total. The number of allylic oxidation sites excluding steroid dienone is 1. The van der Waals surface area contributed by atoms with Crippen LogP contribution in [-0.4, -0.2) is 16.5 Å². The maximum absolute atomic E-state index is 11.3. The molecule has 0 fully saturated rings. The number of pyridine rings is 1. The molecular formula is C25H21N3O3. The molecule has 2 aromatic carbocycles. The van der Waals surface area contributed by atoms with Gasteiger partial charge in [0.1, 0.15) is 11.6 Å². The average Bonchev–Trinajstić information content (AvgIpc) is 2.79. The molecule has 154 valence electrons. The van der Waals surface area contributed by atoms with Gasteiger partial charge in [0, 0.05) is 17.7 Å². The summed E-state index contributed by atoms with van der Waals surface area (Å²) in [5.74, 6) is 0.270. The van der Waals surface area contributed by atoms with E-state index in [4.69, 9.17) is 9.72 Å². The van der Waals surface area contributed by atoms with Crippen molar-refractivity contribution in [3.63, 3.8) is 0 Å². The van der Waals surface area contributed by atoms with Crippen molar-refractivity contribution in [2.75, 3.05) is 6.61 Å². The summed E-state index contributed by atoms with van der Waals surface area (Å²) in [6, 6.07) is 18.7. The van der Waals surface area contributed by atoms with Crippen molar-refractivity contribution >= 4 is 17.3 Å². The van der Waals surface area contributed by atoms with E-state index < -0.39 is 4.92 Å². The van der Waals surface area contributed by atoms with Gasteiger partial charge in [-0.3, -0.25) is 10.1 Å². The number of nitro benzene ring substituents is 1. The molecule has 0 N–H and O–H groups in total. The molecule has 1 aliphatic carbocycles. The van der Waals surface area contributed by atoms with Gasteiger partial charge in [-0.15, -0.1) is 0 Å². The maximum atomic E-state index is 11.3. The minimum atomic E-state index is -0.423. The number of non-ortho nitro benzene ring substituents is 1. The summed E-state index contributed by atoms with van der Waals surface area (Å²) in [7, 11) is 0. The number of rotatable bonds is 5. The molecule has 0 saturated heterocycles. The summed E-state index contributed by atoms with van der Waals surface area (Å²) in [5, 5.41) is 21.3. The van der Waals surface area contributed by atoms with Gasteiger partial charge in [-0.25, -0.2) is 4.98 Å². The van der Waals surface area contributed by atoms with E-state index in [0.717, 1.165) is 41.7 Å². The van der Waals surface area contributed by atoms with Gasteiger partial charge in [0.25, 0.3) is 5.69 Å². The number of hydrogen-bond donors (Lipinski definition) is 0. The van der Waals surface area contributed by atoms with Crippen LogP contribution in [0.3, 0.4) is 0 Å². The number of nitro groups is 1. The van der Waals surface area contributed by atoms with Crippen LogP contribution in [0.5, 0.6) is 5.88 Å². The van der Waals surface area contributed by atoms with Crippen molar-refractivity contribution in [2.45, 2.75) is 26.2 Å². The first kappa shape index (κ1) is 20.3. The zero-order valence-electron chi connectivity index (χ0n) is 17.2. The van der Waals surface area contributed by atoms with Crippen molar-refractivity contribution in [2.24, 2.45) is 0 Å². The summed E-state index contributed by atoms with van der Waals surface area (Å²) in [6.45, 7) is 2.21. The normalized spacial score (nSPS) is 14.0. The lowest BCUT2D eigenvalue weighted by molar-refractivity contribution is -0.384. The van der Waals surface area contributed by atoms with Gasteiger partial charge in [-0.1, -0.05) is 42.5 Å². The lowest BCUT2D eigenvalue weighted by Crippen LogP contribution is -2.11. The van der Waals surface area contributed by atoms with E-state index in [0.29, 0.717) is 23.3 Å². The highest BCUT2D eigenvalue weighted by atomic mass is 16.6. The van der Waals surface area contributed by atoms with Gasteiger partial charge in [-0.05, 0) is 54.5 Å². The molecule has 3 aromatic rings. The van der Waals surface area contributed by atoms with E-state index in [9.17, 15) is 15.4 Å². The molecule has 0 aliphatic heterocycles. The van der Waals surface area contributed by atoms with E-state index in [1.165, 1.54) is 12.1 Å². The molecule has 0 saturated carbocycles. The van der Waals surface area contributed by atoms with E-state index in [2.05, 4.69) is 12.1 Å². The Balaban J connectivity index is 1.99. The Morgan fingerprint density at radius 1 is 1.19 bits per heavy atom. The van der Waals surface area contributed by atoms with Crippen LogP contribution in [0.1, 0.15) is 42.1 Å². The largest absolute Gasteiger partial charge is 0.477 e. The second kappa shape index (κ2) is 8.80. The number of ether oxygens (including phenoxy) is 1. The first-order valence-electron chi connectivity index (χ1n) is 10.2. The van der Waals surface area contributed by atoms with Crippen LogP contribution in [0, 0.1) is 21.4 Å². The Kier molecular flexibility index (Phi) is 5.76. The fourth-order valence-corrected chi connectivity index (χ4v) is 4.01. The van der Waals surface area contributed by atoms with Crippen molar-refractivity contribution in [3.8, 4) is 23.1 Å². The third kappa shape index (κ3) is 4.03. The molecule has 6 heteroatoms. The van der Waals surface area contributed by atoms with Crippen LogP contribution < -0.4 is 4.74 Å². The fourth-order valence-electron chi connectivity index (χ4n) is 4.01. The van der Waals surface area contributed by atoms with Crippen LogP contribution in [0.15, 0.2) is 54.6 Å². The predicted octanol–water partition coefficient (Wildman–Crippen LogP) is 5.80. The summed E-state index contributed by atoms with van der Waals surface area (Å²) >= 11 is 0. The molecule has 0 bridgehead atoms. The van der Waals surface area contributed by atoms with Crippen LogP contribution in [-0.2, 0) is 6.42 Å². The van der Waals surface area contributed by atoms with E-state index in [-0.39, 0.29) is 11.6 Å². The number of nitrogens with zero attached hydrogens (tertiary/aromatic N) is 3. The summed E-state index contributed by atoms with van der Waals surface area (Å²) in [4.78, 5) is 15.7. The van der Waals surface area contributed by atoms with Crippen molar-refractivity contribution in [1.29, 1.82) is 5.26 Å². The molecule has 0 unspecified atom stereocenters. The second-order valence-electron chi connectivity index (χ2n) is 7.28. The lowest BCUT2D eigenvalue weighted by atomic mass is 9.83. The fraction of sp³-hybridized carbons (Fsp3) is 0.200. The minimum Gasteiger partial charge on any atom is -0.477 e. The van der Waals surface area contributed by atoms with Gasteiger partial charge in [0.05, 0.1) is 17.2 Å². The third-order valence-corrected chi connectivity index (χ3v) is 5.32. The molecule has 4 rings (SSSR count). The Morgan fingerprint density at radius 3 is 2.71 bits per heavy atom. The summed E-state index contributed by atoms with van der Waals surface area (Å²) in [5.41, 5.74) is 5.51. The molecule has 1 heterocycles. The Hall–Kier alpha value is -3.98. The van der Waals surface area contributed by atoms with Crippen molar-refractivity contribution in [3.05, 3.63) is 87.1 Å². The number of nitriles is 1. The molecule has 0 radical (unpaired) electrons. The van der Waals surface area contributed by atoms with Crippen LogP contribution in [0.4, 0.5) is 5.69 Å². The molecule has 0 atom stereocenters.